The topological polar surface area (TPSA) is 97.5 Å². The summed E-state index contributed by atoms with van der Waals surface area (Å²) in [6.45, 7) is 9.12. The van der Waals surface area contributed by atoms with E-state index in [4.69, 9.17) is 10.5 Å². The van der Waals surface area contributed by atoms with Crippen LogP contribution in [0.5, 0.6) is 5.75 Å². The van der Waals surface area contributed by atoms with Gasteiger partial charge in [0.2, 0.25) is 11.8 Å². The lowest BCUT2D eigenvalue weighted by atomic mass is 9.85. The highest BCUT2D eigenvalue weighted by molar-refractivity contribution is 7.14. The second kappa shape index (κ2) is 9.04. The third kappa shape index (κ3) is 4.92. The van der Waals surface area contributed by atoms with Gasteiger partial charge in [-0.25, -0.2) is 4.98 Å². The Hall–Kier alpha value is -2.61. The molecule has 30 heavy (non-hydrogen) atoms. The Balaban J connectivity index is 1.78. The molecule has 0 radical (unpaired) electrons. The highest BCUT2D eigenvalue weighted by Gasteiger charge is 2.40. The number of nitrogens with two attached hydrogens (primary N) is 1. The van der Waals surface area contributed by atoms with E-state index < -0.39 is 18.0 Å². The number of nitrogens with zero attached hydrogens (tertiary/aromatic N) is 2. The minimum atomic E-state index is -0.528. The maximum atomic E-state index is 13.3. The predicted molar refractivity (Wildman–Crippen MR) is 120 cm³/mol. The summed E-state index contributed by atoms with van der Waals surface area (Å²) in [6.07, 6.45) is 1.41. The molecule has 0 spiro atoms. The summed E-state index contributed by atoms with van der Waals surface area (Å²) in [5.41, 5.74) is 6.96. The van der Waals surface area contributed by atoms with Crippen LogP contribution >= 0.6 is 11.3 Å². The first kappa shape index (κ1) is 22.1. The van der Waals surface area contributed by atoms with Crippen LogP contribution in [-0.2, 0) is 9.59 Å². The van der Waals surface area contributed by atoms with Gasteiger partial charge in [0.1, 0.15) is 17.8 Å². The number of primary amides is 1. The molecule has 1 aromatic heterocycles. The molecule has 0 unspecified atom stereocenters. The molecule has 7 nitrogen and oxygen atoms in total. The Labute approximate surface area is 181 Å². The van der Waals surface area contributed by atoms with Crippen molar-refractivity contribution in [3.05, 3.63) is 29.6 Å². The highest BCUT2D eigenvalue weighted by Crippen LogP contribution is 2.31. The third-order valence-corrected chi connectivity index (χ3v) is 5.98. The summed E-state index contributed by atoms with van der Waals surface area (Å²) in [6, 6.07) is 6.74. The van der Waals surface area contributed by atoms with Gasteiger partial charge in [0.15, 0.2) is 5.13 Å². The van der Waals surface area contributed by atoms with E-state index in [0.29, 0.717) is 24.7 Å². The van der Waals surface area contributed by atoms with E-state index in [2.05, 4.69) is 10.3 Å². The maximum absolute atomic E-state index is 13.3. The molecule has 2 amide bonds. The molecule has 3 rings (SSSR count). The predicted octanol–water partition coefficient (Wildman–Crippen LogP) is 3.51. The van der Waals surface area contributed by atoms with E-state index >= 15 is 0 Å². The van der Waals surface area contributed by atoms with Gasteiger partial charge in [0.25, 0.3) is 0 Å². The number of hydrogen-bond acceptors (Lipinski definition) is 6. The largest absolute Gasteiger partial charge is 0.494 e. The number of hydrogen-bond donors (Lipinski definition) is 2. The van der Waals surface area contributed by atoms with Crippen molar-refractivity contribution in [3.63, 3.8) is 0 Å². The summed E-state index contributed by atoms with van der Waals surface area (Å²) in [5.74, 6) is 0.269. The monoisotopic (exact) mass is 430 g/mol. The number of ether oxygens (including phenoxy) is 1. The second-order valence-corrected chi connectivity index (χ2v) is 9.39. The number of thiazole rings is 1. The first-order chi connectivity index (χ1) is 14.2. The lowest BCUT2D eigenvalue weighted by Crippen LogP contribution is -2.53. The smallest absolute Gasteiger partial charge is 0.246 e. The average molecular weight is 431 g/mol. The second-order valence-electron chi connectivity index (χ2n) is 8.53. The van der Waals surface area contributed by atoms with Gasteiger partial charge in [0, 0.05) is 17.5 Å². The molecule has 1 aromatic carbocycles. The van der Waals surface area contributed by atoms with Crippen LogP contribution in [0.2, 0.25) is 0 Å². The van der Waals surface area contributed by atoms with Crippen molar-refractivity contribution >= 4 is 28.3 Å². The number of carbonyl (C=O) groups excluding carboxylic acids is 2. The fourth-order valence-corrected chi connectivity index (χ4v) is 4.37. The van der Waals surface area contributed by atoms with Crippen molar-refractivity contribution in [2.45, 2.75) is 52.6 Å². The molecular formula is C22H30N4O3S. The van der Waals surface area contributed by atoms with Crippen LogP contribution in [0, 0.1) is 5.41 Å². The molecule has 1 fully saturated rings. The van der Waals surface area contributed by atoms with E-state index in [0.717, 1.165) is 23.4 Å². The summed E-state index contributed by atoms with van der Waals surface area (Å²) in [4.78, 5) is 31.4. The van der Waals surface area contributed by atoms with E-state index in [1.807, 2.05) is 57.3 Å². The molecule has 0 aliphatic carbocycles. The van der Waals surface area contributed by atoms with Crippen molar-refractivity contribution < 1.29 is 14.3 Å². The van der Waals surface area contributed by atoms with E-state index in [1.54, 1.807) is 4.90 Å². The Bertz CT molecular complexity index is 889. The number of likely N-dealkylation sites (tertiary alicyclic amines) is 1. The van der Waals surface area contributed by atoms with Crippen LogP contribution in [0.3, 0.4) is 0 Å². The van der Waals surface area contributed by atoms with Gasteiger partial charge < -0.3 is 20.7 Å². The molecule has 3 N–H and O–H groups in total. The minimum Gasteiger partial charge on any atom is -0.494 e. The fourth-order valence-electron chi connectivity index (χ4n) is 3.63. The Kier molecular flexibility index (Phi) is 6.65. The fraction of sp³-hybridized carbons (Fsp3) is 0.500. The van der Waals surface area contributed by atoms with Crippen LogP contribution < -0.4 is 15.8 Å². The molecule has 162 valence electrons. The first-order valence-electron chi connectivity index (χ1n) is 10.3. The minimum absolute atomic E-state index is 0.110. The lowest BCUT2D eigenvalue weighted by Gasteiger charge is -2.35. The van der Waals surface area contributed by atoms with Crippen LogP contribution in [-0.4, -0.2) is 46.9 Å². The van der Waals surface area contributed by atoms with Gasteiger partial charge in [-0.3, -0.25) is 9.59 Å². The van der Waals surface area contributed by atoms with Crippen molar-refractivity contribution in [2.24, 2.45) is 11.1 Å². The molecular weight excluding hydrogens is 400 g/mol. The zero-order valence-corrected chi connectivity index (χ0v) is 18.8. The molecule has 1 aliphatic rings. The van der Waals surface area contributed by atoms with Gasteiger partial charge in [-0.1, -0.05) is 20.8 Å². The first-order valence-corrected chi connectivity index (χ1v) is 11.1. The van der Waals surface area contributed by atoms with Gasteiger partial charge >= 0.3 is 0 Å². The SMILES string of the molecule is CCOc1ccc(-c2csc(N[C@H](C(=O)N3CCC[C@H]3C(N)=O)C(C)(C)C)n2)cc1. The number of anilines is 1. The molecule has 2 heterocycles. The Morgan fingerprint density at radius 1 is 1.33 bits per heavy atom. The summed E-state index contributed by atoms with van der Waals surface area (Å²) in [5, 5.41) is 5.95. The summed E-state index contributed by atoms with van der Waals surface area (Å²) in [7, 11) is 0. The van der Waals surface area contributed by atoms with Crippen molar-refractivity contribution in [3.8, 4) is 17.0 Å². The zero-order valence-electron chi connectivity index (χ0n) is 18.0. The van der Waals surface area contributed by atoms with E-state index in [1.165, 1.54) is 11.3 Å². The van der Waals surface area contributed by atoms with E-state index in [9.17, 15) is 9.59 Å². The maximum Gasteiger partial charge on any atom is 0.246 e. The molecule has 0 saturated carbocycles. The third-order valence-electron chi connectivity index (χ3n) is 5.21. The van der Waals surface area contributed by atoms with Crippen LogP contribution in [0.15, 0.2) is 29.6 Å². The van der Waals surface area contributed by atoms with Gasteiger partial charge in [-0.05, 0) is 49.4 Å². The van der Waals surface area contributed by atoms with Gasteiger partial charge in [-0.15, -0.1) is 11.3 Å². The van der Waals surface area contributed by atoms with Gasteiger partial charge in [0.05, 0.1) is 12.3 Å². The number of amides is 2. The molecule has 2 aromatic rings. The molecule has 2 atom stereocenters. The van der Waals surface area contributed by atoms with Crippen molar-refractivity contribution in [1.29, 1.82) is 0 Å². The van der Waals surface area contributed by atoms with Crippen LogP contribution in [0.1, 0.15) is 40.5 Å². The molecule has 0 bridgehead atoms. The highest BCUT2D eigenvalue weighted by atomic mass is 32.1. The lowest BCUT2D eigenvalue weighted by molar-refractivity contribution is -0.139. The Morgan fingerprint density at radius 2 is 2.03 bits per heavy atom. The number of benzene rings is 1. The number of nitrogens with one attached hydrogen (secondary N) is 1. The number of rotatable bonds is 7. The molecule has 1 saturated heterocycles. The van der Waals surface area contributed by atoms with Crippen LogP contribution in [0.25, 0.3) is 11.3 Å². The van der Waals surface area contributed by atoms with Crippen molar-refractivity contribution in [2.75, 3.05) is 18.5 Å². The summed E-state index contributed by atoms with van der Waals surface area (Å²) < 4.78 is 5.49. The summed E-state index contributed by atoms with van der Waals surface area (Å²) >= 11 is 1.45. The normalized spacial score (nSPS) is 17.6. The van der Waals surface area contributed by atoms with Crippen LogP contribution in [0.4, 0.5) is 5.13 Å². The number of aromatic nitrogens is 1. The molecule has 8 heteroatoms. The quantitative estimate of drug-likeness (QED) is 0.700. The van der Waals surface area contributed by atoms with Gasteiger partial charge in [-0.2, -0.15) is 0 Å². The molecule has 1 aliphatic heterocycles. The zero-order chi connectivity index (χ0) is 21.9. The average Bonchev–Trinajstić information content (AvgIpc) is 3.35. The van der Waals surface area contributed by atoms with E-state index in [-0.39, 0.29) is 11.3 Å². The number of carbonyl (C=O) groups is 2. The standard InChI is InChI=1S/C22H30N4O3S/c1-5-29-15-10-8-14(9-11-15)16-13-30-21(24-16)25-18(22(2,3)4)20(28)26-12-6-7-17(26)19(23)27/h8-11,13,17-18H,5-7,12H2,1-4H3,(H2,23,27)(H,24,25)/t17-,18+/m0/s1. The Morgan fingerprint density at radius 3 is 2.63 bits per heavy atom. The van der Waals surface area contributed by atoms with Crippen molar-refractivity contribution in [1.82, 2.24) is 9.88 Å².